The van der Waals surface area contributed by atoms with Gasteiger partial charge in [-0.2, -0.15) is 0 Å². The average molecular weight is 473 g/mol. The van der Waals surface area contributed by atoms with Gasteiger partial charge in [0.15, 0.2) is 0 Å². The molecular weight excluding hydrogens is 452 g/mol. The highest BCUT2D eigenvalue weighted by atomic mass is 32.2. The molecule has 1 aromatic heterocycles. The fraction of sp³-hybridized carbons (Fsp3) is 0.120. The van der Waals surface area contributed by atoms with E-state index >= 15 is 0 Å². The van der Waals surface area contributed by atoms with Crippen molar-refractivity contribution in [3.05, 3.63) is 90.0 Å². The van der Waals surface area contributed by atoms with E-state index in [0.29, 0.717) is 17.2 Å². The Morgan fingerprint density at radius 2 is 1.70 bits per heavy atom. The molecule has 3 aromatic carbocycles. The van der Waals surface area contributed by atoms with E-state index < -0.39 is 0 Å². The Bertz CT molecular complexity index is 1310. The quantitative estimate of drug-likeness (QED) is 0.393. The van der Waals surface area contributed by atoms with Crippen LogP contribution in [0.5, 0.6) is 0 Å². The van der Waals surface area contributed by atoms with Crippen molar-refractivity contribution in [3.8, 4) is 10.6 Å². The molecule has 0 atom stereocenters. The highest BCUT2D eigenvalue weighted by molar-refractivity contribution is 8.00. The molecule has 6 nitrogen and oxygen atoms in total. The minimum absolute atomic E-state index is 0.0387. The van der Waals surface area contributed by atoms with Gasteiger partial charge in [0.25, 0.3) is 5.91 Å². The molecule has 0 unspecified atom stereocenters. The van der Waals surface area contributed by atoms with Gasteiger partial charge in [0.05, 0.1) is 11.3 Å². The molecule has 164 valence electrons. The Hall–Kier alpha value is -3.49. The number of carbonyl (C=O) groups is 2. The minimum Gasteiger partial charge on any atom is -0.311 e. The highest BCUT2D eigenvalue weighted by Crippen LogP contribution is 2.31. The van der Waals surface area contributed by atoms with Gasteiger partial charge in [-0.15, -0.1) is 22.0 Å². The van der Waals surface area contributed by atoms with Crippen molar-refractivity contribution in [2.24, 2.45) is 0 Å². The Kier molecular flexibility index (Phi) is 6.19. The van der Waals surface area contributed by atoms with Gasteiger partial charge in [0, 0.05) is 22.7 Å². The Labute approximate surface area is 199 Å². The van der Waals surface area contributed by atoms with Gasteiger partial charge in [-0.1, -0.05) is 72.0 Å². The predicted molar refractivity (Wildman–Crippen MR) is 133 cm³/mol. The Morgan fingerprint density at radius 3 is 2.58 bits per heavy atom. The summed E-state index contributed by atoms with van der Waals surface area (Å²) in [5.74, 6) is 0.0277. The SMILES string of the molecule is O=C(Nc1nnc(-c2ccccc2)s1)c1ccccc1SCC(=O)N1CCc2ccccc21. The lowest BCUT2D eigenvalue weighted by Crippen LogP contribution is -2.30. The second-order valence-corrected chi connectivity index (χ2v) is 9.44. The first-order valence-electron chi connectivity index (χ1n) is 10.5. The smallest absolute Gasteiger partial charge is 0.258 e. The number of aromatic nitrogens is 2. The summed E-state index contributed by atoms with van der Waals surface area (Å²) in [6.07, 6.45) is 0.873. The zero-order valence-corrected chi connectivity index (χ0v) is 19.2. The number of hydrogen-bond acceptors (Lipinski definition) is 6. The minimum atomic E-state index is -0.271. The van der Waals surface area contributed by atoms with Crippen LogP contribution in [0.1, 0.15) is 15.9 Å². The molecule has 2 heterocycles. The molecule has 1 aliphatic heterocycles. The molecule has 2 amide bonds. The number of para-hydroxylation sites is 1. The van der Waals surface area contributed by atoms with E-state index in [1.807, 2.05) is 71.6 Å². The third-order valence-corrected chi connectivity index (χ3v) is 7.28. The number of amides is 2. The molecule has 0 saturated heterocycles. The molecule has 0 aliphatic carbocycles. The molecule has 8 heteroatoms. The molecule has 1 aliphatic rings. The first kappa shape index (κ1) is 21.4. The summed E-state index contributed by atoms with van der Waals surface area (Å²) in [6.45, 7) is 0.696. The fourth-order valence-electron chi connectivity index (χ4n) is 3.73. The number of hydrogen-bond donors (Lipinski definition) is 1. The molecule has 0 fully saturated rings. The van der Waals surface area contributed by atoms with Crippen LogP contribution < -0.4 is 10.2 Å². The van der Waals surface area contributed by atoms with Gasteiger partial charge in [-0.05, 0) is 30.2 Å². The first-order valence-corrected chi connectivity index (χ1v) is 12.3. The number of anilines is 2. The van der Waals surface area contributed by atoms with E-state index in [9.17, 15) is 9.59 Å². The van der Waals surface area contributed by atoms with E-state index in [1.165, 1.54) is 28.7 Å². The van der Waals surface area contributed by atoms with E-state index in [-0.39, 0.29) is 17.6 Å². The zero-order valence-electron chi connectivity index (χ0n) is 17.6. The van der Waals surface area contributed by atoms with E-state index in [4.69, 9.17) is 0 Å². The number of nitrogens with one attached hydrogen (secondary N) is 1. The van der Waals surface area contributed by atoms with E-state index in [0.717, 1.165) is 27.6 Å². The van der Waals surface area contributed by atoms with Crippen LogP contribution in [0.25, 0.3) is 10.6 Å². The van der Waals surface area contributed by atoms with Crippen molar-refractivity contribution in [3.63, 3.8) is 0 Å². The van der Waals surface area contributed by atoms with Crippen molar-refractivity contribution < 1.29 is 9.59 Å². The third-order valence-electron chi connectivity index (χ3n) is 5.34. The van der Waals surface area contributed by atoms with Crippen LogP contribution in [0.4, 0.5) is 10.8 Å². The lowest BCUT2D eigenvalue weighted by atomic mass is 10.2. The number of thioether (sulfide) groups is 1. The summed E-state index contributed by atoms with van der Waals surface area (Å²) in [6, 6.07) is 25.0. The van der Waals surface area contributed by atoms with Gasteiger partial charge in [0.2, 0.25) is 11.0 Å². The van der Waals surface area contributed by atoms with Gasteiger partial charge in [0.1, 0.15) is 5.01 Å². The van der Waals surface area contributed by atoms with Crippen molar-refractivity contribution >= 4 is 45.7 Å². The Morgan fingerprint density at radius 1 is 0.939 bits per heavy atom. The van der Waals surface area contributed by atoms with Crippen molar-refractivity contribution in [1.82, 2.24) is 10.2 Å². The normalized spacial score (nSPS) is 12.4. The summed E-state index contributed by atoms with van der Waals surface area (Å²) in [4.78, 5) is 28.4. The molecule has 4 aromatic rings. The van der Waals surface area contributed by atoms with E-state index in [1.54, 1.807) is 6.07 Å². The second-order valence-electron chi connectivity index (χ2n) is 7.44. The molecule has 1 N–H and O–H groups in total. The summed E-state index contributed by atoms with van der Waals surface area (Å²) in [7, 11) is 0. The lowest BCUT2D eigenvalue weighted by molar-refractivity contribution is -0.116. The standard InChI is InChI=1S/C25H20N4O2S2/c30-22(29-15-14-17-8-4-6-12-20(17)29)16-32-21-13-7-5-11-19(21)23(31)26-25-28-27-24(33-25)18-9-2-1-3-10-18/h1-13H,14-16H2,(H,26,28,31). The van der Waals surface area contributed by atoms with Crippen LogP contribution in [0.15, 0.2) is 83.8 Å². The van der Waals surface area contributed by atoms with Crippen molar-refractivity contribution in [1.29, 1.82) is 0 Å². The Balaban J connectivity index is 1.26. The van der Waals surface area contributed by atoms with Gasteiger partial charge in [-0.25, -0.2) is 0 Å². The number of carbonyl (C=O) groups excluding carboxylic acids is 2. The van der Waals surface area contributed by atoms with Crippen LogP contribution in [-0.4, -0.2) is 34.3 Å². The van der Waals surface area contributed by atoms with E-state index in [2.05, 4.69) is 21.6 Å². The third kappa shape index (κ3) is 4.67. The molecule has 5 rings (SSSR count). The summed E-state index contributed by atoms with van der Waals surface area (Å²) in [5.41, 5.74) is 3.64. The molecule has 0 saturated carbocycles. The van der Waals surface area contributed by atoms with Crippen LogP contribution in [0.3, 0.4) is 0 Å². The van der Waals surface area contributed by atoms with Crippen LogP contribution in [-0.2, 0) is 11.2 Å². The van der Waals surface area contributed by atoms with Crippen molar-refractivity contribution in [2.45, 2.75) is 11.3 Å². The molecule has 33 heavy (non-hydrogen) atoms. The van der Waals surface area contributed by atoms with Gasteiger partial charge >= 0.3 is 0 Å². The maximum Gasteiger partial charge on any atom is 0.258 e. The number of nitrogens with zero attached hydrogens (tertiary/aromatic N) is 3. The molecular formula is C25H20N4O2S2. The summed E-state index contributed by atoms with van der Waals surface area (Å²) < 4.78 is 0. The van der Waals surface area contributed by atoms with Crippen LogP contribution in [0.2, 0.25) is 0 Å². The zero-order chi connectivity index (χ0) is 22.6. The topological polar surface area (TPSA) is 75.2 Å². The fourth-order valence-corrected chi connectivity index (χ4v) is 5.40. The highest BCUT2D eigenvalue weighted by Gasteiger charge is 2.24. The van der Waals surface area contributed by atoms with Crippen LogP contribution >= 0.6 is 23.1 Å². The van der Waals surface area contributed by atoms with Crippen molar-refractivity contribution in [2.75, 3.05) is 22.5 Å². The molecule has 0 radical (unpaired) electrons. The predicted octanol–water partition coefficient (Wildman–Crippen LogP) is 5.14. The maximum absolute atomic E-state index is 13.0. The lowest BCUT2D eigenvalue weighted by Gasteiger charge is -2.17. The molecule has 0 bridgehead atoms. The number of benzene rings is 3. The number of fused-ring (bicyclic) bond motifs is 1. The average Bonchev–Trinajstić information content (AvgIpc) is 3.50. The molecule has 0 spiro atoms. The maximum atomic E-state index is 13.0. The first-order chi connectivity index (χ1) is 16.2. The number of rotatable bonds is 6. The summed E-state index contributed by atoms with van der Waals surface area (Å²) in [5, 5.41) is 12.3. The second kappa shape index (κ2) is 9.56. The summed E-state index contributed by atoms with van der Waals surface area (Å²) >= 11 is 2.69. The van der Waals surface area contributed by atoms with Gasteiger partial charge in [-0.3, -0.25) is 14.9 Å². The monoisotopic (exact) mass is 472 g/mol. The van der Waals surface area contributed by atoms with Crippen LogP contribution in [0, 0.1) is 0 Å². The largest absolute Gasteiger partial charge is 0.311 e. The van der Waals surface area contributed by atoms with Gasteiger partial charge < -0.3 is 4.90 Å².